The Labute approximate surface area is 90.0 Å². The summed E-state index contributed by atoms with van der Waals surface area (Å²) >= 11 is 5.93. The van der Waals surface area contributed by atoms with E-state index in [0.29, 0.717) is 5.03 Å². The minimum absolute atomic E-state index is 0.0156. The Morgan fingerprint density at radius 2 is 2.00 bits per heavy atom. The Kier molecular flexibility index (Phi) is 3.05. The van der Waals surface area contributed by atoms with E-state index >= 15 is 0 Å². The predicted octanol–water partition coefficient (Wildman–Crippen LogP) is 2.81. The molecule has 0 aromatic heterocycles. The Morgan fingerprint density at radius 3 is 2.50 bits per heavy atom. The summed E-state index contributed by atoms with van der Waals surface area (Å²) in [5.74, 6) is -0.115. The number of nitrogens with one attached hydrogen (secondary N) is 1. The quantitative estimate of drug-likeness (QED) is 0.659. The van der Waals surface area contributed by atoms with E-state index in [9.17, 15) is 4.79 Å². The molecule has 0 spiro atoms. The van der Waals surface area contributed by atoms with Crippen molar-refractivity contribution in [3.05, 3.63) is 22.9 Å². The van der Waals surface area contributed by atoms with Gasteiger partial charge < -0.3 is 5.32 Å². The van der Waals surface area contributed by atoms with Gasteiger partial charge in [0.1, 0.15) is 0 Å². The number of rotatable bonds is 0. The summed E-state index contributed by atoms with van der Waals surface area (Å²) in [6.45, 7) is 7.91. The summed E-state index contributed by atoms with van der Waals surface area (Å²) in [4.78, 5) is 11.8. The van der Waals surface area contributed by atoms with Crippen molar-refractivity contribution >= 4 is 17.5 Å². The van der Waals surface area contributed by atoms with E-state index in [4.69, 9.17) is 11.6 Å². The van der Waals surface area contributed by atoms with Gasteiger partial charge in [-0.3, -0.25) is 4.79 Å². The lowest BCUT2D eigenvalue weighted by atomic mass is 9.80. The first-order valence-corrected chi connectivity index (χ1v) is 5.05. The summed E-state index contributed by atoms with van der Waals surface area (Å²) in [7, 11) is 0. The molecule has 0 aromatic carbocycles. The third-order valence-corrected chi connectivity index (χ3v) is 2.73. The van der Waals surface area contributed by atoms with Crippen LogP contribution in [0.15, 0.2) is 22.9 Å². The van der Waals surface area contributed by atoms with Gasteiger partial charge in [0.15, 0.2) is 0 Å². The molecule has 0 fully saturated rings. The van der Waals surface area contributed by atoms with Gasteiger partial charge in [0, 0.05) is 5.70 Å². The maximum atomic E-state index is 11.8. The second-order valence-corrected chi connectivity index (χ2v) is 5.07. The molecular formula is C11H16ClNO. The van der Waals surface area contributed by atoms with Crippen LogP contribution in [0.25, 0.3) is 0 Å². The van der Waals surface area contributed by atoms with E-state index in [1.807, 2.05) is 26.8 Å². The molecule has 1 N–H and O–H groups in total. The second kappa shape index (κ2) is 3.77. The third kappa shape index (κ3) is 2.38. The average molecular weight is 214 g/mol. The highest BCUT2D eigenvalue weighted by Gasteiger charge is 2.30. The molecule has 2 nitrogen and oxygen atoms in total. The monoisotopic (exact) mass is 213 g/mol. The number of carbonyl (C=O) groups excluding carboxylic acids is 1. The van der Waals surface area contributed by atoms with Crippen molar-refractivity contribution in [3.63, 3.8) is 0 Å². The fourth-order valence-corrected chi connectivity index (χ4v) is 1.52. The Bertz CT molecular complexity index is 310. The van der Waals surface area contributed by atoms with Crippen LogP contribution in [-0.4, -0.2) is 5.91 Å². The molecule has 0 saturated carbocycles. The first kappa shape index (κ1) is 11.3. The highest BCUT2D eigenvalue weighted by Crippen LogP contribution is 2.30. The van der Waals surface area contributed by atoms with Crippen LogP contribution in [0, 0.1) is 11.3 Å². The molecule has 1 amide bonds. The van der Waals surface area contributed by atoms with E-state index in [1.165, 1.54) is 0 Å². The molecule has 0 saturated heterocycles. The normalized spacial score (nSPS) is 23.5. The number of carbonyl (C=O) groups is 1. The van der Waals surface area contributed by atoms with Crippen LogP contribution in [0.3, 0.4) is 0 Å². The number of hydrogen-bond donors (Lipinski definition) is 1. The lowest BCUT2D eigenvalue weighted by Crippen LogP contribution is -2.35. The molecule has 0 aliphatic carbocycles. The summed E-state index contributed by atoms with van der Waals surface area (Å²) in [6.07, 6.45) is 3.67. The standard InChI is InChI=1S/C11H16ClNO/c1-7-9(12)6-5-8(10(14)13-7)11(2,3)4/h5-6,8H,1-4H3,(H,13,14)/t8-/m0/s1. The average Bonchev–Trinajstić information content (AvgIpc) is 2.11. The van der Waals surface area contributed by atoms with E-state index in [2.05, 4.69) is 5.32 Å². The van der Waals surface area contributed by atoms with Gasteiger partial charge in [0.05, 0.1) is 11.0 Å². The number of halogens is 1. The molecular weight excluding hydrogens is 198 g/mol. The van der Waals surface area contributed by atoms with Crippen LogP contribution in [0.5, 0.6) is 0 Å². The molecule has 0 unspecified atom stereocenters. The van der Waals surface area contributed by atoms with E-state index in [0.717, 1.165) is 5.70 Å². The maximum Gasteiger partial charge on any atom is 0.231 e. The number of amides is 1. The lowest BCUT2D eigenvalue weighted by Gasteiger charge is -2.26. The van der Waals surface area contributed by atoms with Crippen molar-refractivity contribution in [1.29, 1.82) is 0 Å². The topological polar surface area (TPSA) is 29.1 Å². The second-order valence-electron chi connectivity index (χ2n) is 4.67. The van der Waals surface area contributed by atoms with E-state index in [-0.39, 0.29) is 17.2 Å². The summed E-state index contributed by atoms with van der Waals surface area (Å²) in [6, 6.07) is 0. The number of allylic oxidation sites excluding steroid dienone is 3. The number of hydrogen-bond acceptors (Lipinski definition) is 1. The molecule has 1 atom stereocenters. The minimum atomic E-state index is -0.131. The summed E-state index contributed by atoms with van der Waals surface area (Å²) in [5, 5.41) is 3.40. The van der Waals surface area contributed by atoms with Gasteiger partial charge in [-0.2, -0.15) is 0 Å². The molecule has 1 heterocycles. The fourth-order valence-electron chi connectivity index (χ4n) is 1.40. The maximum absolute atomic E-state index is 11.8. The zero-order valence-electron chi connectivity index (χ0n) is 9.02. The van der Waals surface area contributed by atoms with Crippen molar-refractivity contribution in [1.82, 2.24) is 5.32 Å². The first-order chi connectivity index (χ1) is 6.32. The first-order valence-electron chi connectivity index (χ1n) is 4.68. The van der Waals surface area contributed by atoms with Gasteiger partial charge >= 0.3 is 0 Å². The minimum Gasteiger partial charge on any atom is -0.328 e. The van der Waals surface area contributed by atoms with Gasteiger partial charge in [-0.05, 0) is 18.4 Å². The summed E-state index contributed by atoms with van der Waals surface area (Å²) in [5.41, 5.74) is 0.641. The molecule has 1 aliphatic heterocycles. The smallest absolute Gasteiger partial charge is 0.231 e. The highest BCUT2D eigenvalue weighted by molar-refractivity contribution is 6.31. The zero-order valence-corrected chi connectivity index (χ0v) is 9.77. The molecule has 0 bridgehead atoms. The summed E-state index contributed by atoms with van der Waals surface area (Å²) < 4.78 is 0. The van der Waals surface area contributed by atoms with Crippen LogP contribution >= 0.6 is 11.6 Å². The van der Waals surface area contributed by atoms with Crippen molar-refractivity contribution in [3.8, 4) is 0 Å². The van der Waals surface area contributed by atoms with Gasteiger partial charge in [-0.1, -0.05) is 38.4 Å². The van der Waals surface area contributed by atoms with Crippen molar-refractivity contribution < 1.29 is 4.79 Å². The SMILES string of the molecule is CC1=C(Cl)C=C[C@H](C(C)(C)C)C(=O)N1. The van der Waals surface area contributed by atoms with Crippen LogP contribution in [0.2, 0.25) is 0 Å². The molecule has 1 rings (SSSR count). The molecule has 1 aliphatic rings. The van der Waals surface area contributed by atoms with Gasteiger partial charge in [0.25, 0.3) is 0 Å². The Hall–Kier alpha value is -0.760. The van der Waals surface area contributed by atoms with E-state index < -0.39 is 0 Å². The Balaban J connectivity index is 2.98. The van der Waals surface area contributed by atoms with Crippen LogP contribution in [-0.2, 0) is 4.79 Å². The Morgan fingerprint density at radius 1 is 1.43 bits per heavy atom. The fraction of sp³-hybridized carbons (Fsp3) is 0.545. The molecule has 0 aromatic rings. The third-order valence-electron chi connectivity index (χ3n) is 2.32. The highest BCUT2D eigenvalue weighted by atomic mass is 35.5. The van der Waals surface area contributed by atoms with Gasteiger partial charge in [-0.15, -0.1) is 0 Å². The zero-order chi connectivity index (χ0) is 10.9. The van der Waals surface area contributed by atoms with Crippen LogP contribution < -0.4 is 5.32 Å². The molecule has 78 valence electrons. The predicted molar refractivity (Wildman–Crippen MR) is 58.8 cm³/mol. The van der Waals surface area contributed by atoms with E-state index in [1.54, 1.807) is 13.0 Å². The van der Waals surface area contributed by atoms with Gasteiger partial charge in [0.2, 0.25) is 5.91 Å². The van der Waals surface area contributed by atoms with Crippen molar-refractivity contribution in [2.24, 2.45) is 11.3 Å². The molecule has 0 radical (unpaired) electrons. The van der Waals surface area contributed by atoms with Crippen LogP contribution in [0.4, 0.5) is 0 Å². The van der Waals surface area contributed by atoms with Gasteiger partial charge in [-0.25, -0.2) is 0 Å². The lowest BCUT2D eigenvalue weighted by molar-refractivity contribution is -0.125. The van der Waals surface area contributed by atoms with Crippen LogP contribution in [0.1, 0.15) is 27.7 Å². The van der Waals surface area contributed by atoms with Crippen molar-refractivity contribution in [2.75, 3.05) is 0 Å². The molecule has 14 heavy (non-hydrogen) atoms. The van der Waals surface area contributed by atoms with Crippen molar-refractivity contribution in [2.45, 2.75) is 27.7 Å². The molecule has 3 heteroatoms. The largest absolute Gasteiger partial charge is 0.328 e.